The second kappa shape index (κ2) is 10.9. The van der Waals surface area contributed by atoms with Gasteiger partial charge in [0.25, 0.3) is 0 Å². The number of carbonyl (C=O) groups is 1. The average molecular weight is 451 g/mol. The smallest absolute Gasteiger partial charge is 0.338 e. The van der Waals surface area contributed by atoms with Crippen molar-refractivity contribution in [2.75, 3.05) is 24.4 Å². The molecule has 0 spiro atoms. The van der Waals surface area contributed by atoms with Crippen LogP contribution in [-0.2, 0) is 4.74 Å². The van der Waals surface area contributed by atoms with Crippen molar-refractivity contribution in [3.05, 3.63) is 69.9 Å². The van der Waals surface area contributed by atoms with E-state index in [0.717, 1.165) is 12.8 Å². The Kier molecular flexibility index (Phi) is 7.74. The van der Waals surface area contributed by atoms with Crippen LogP contribution in [0.5, 0.6) is 5.75 Å². The molecule has 0 unspecified atom stereocenters. The molecule has 0 aliphatic carbocycles. The number of unbranched alkanes of at least 4 members (excludes halogenated alkanes) is 1. The molecule has 0 radical (unpaired) electrons. The summed E-state index contributed by atoms with van der Waals surface area (Å²) in [5.74, 6) is 0.309. The number of ether oxygens (including phenoxy) is 2. The maximum atomic E-state index is 12.1. The minimum absolute atomic E-state index is 0.0237. The average Bonchev–Trinajstić information content (AvgIpc) is 2.79. The van der Waals surface area contributed by atoms with Crippen molar-refractivity contribution in [3.63, 3.8) is 0 Å². The molecule has 0 saturated heterocycles. The van der Waals surface area contributed by atoms with Gasteiger partial charge in [0, 0.05) is 5.69 Å². The number of hydrogen-bond acceptors (Lipinski definition) is 9. The molecule has 10 nitrogen and oxygen atoms in total. The Morgan fingerprint density at radius 1 is 1.09 bits per heavy atom. The number of rotatable bonds is 10. The van der Waals surface area contributed by atoms with E-state index in [0.29, 0.717) is 29.3 Å². The minimum Gasteiger partial charge on any atom is -0.495 e. The summed E-state index contributed by atoms with van der Waals surface area (Å²) in [5.41, 5.74) is 1.51. The minimum atomic E-state index is -0.532. The number of nitro groups is 1. The third kappa shape index (κ3) is 5.94. The van der Waals surface area contributed by atoms with Crippen LogP contribution in [0, 0.1) is 17.0 Å². The van der Waals surface area contributed by atoms with Gasteiger partial charge in [-0.3, -0.25) is 10.1 Å². The van der Waals surface area contributed by atoms with E-state index in [1.807, 2.05) is 6.92 Å². The molecule has 2 aromatic carbocycles. The van der Waals surface area contributed by atoms with E-state index in [-0.39, 0.29) is 29.1 Å². The fraction of sp³-hybridized carbons (Fsp3) is 0.261. The fourth-order valence-corrected chi connectivity index (χ4v) is 3.02. The van der Waals surface area contributed by atoms with Crippen molar-refractivity contribution in [1.29, 1.82) is 0 Å². The van der Waals surface area contributed by atoms with Gasteiger partial charge >= 0.3 is 11.7 Å². The lowest BCUT2D eigenvalue weighted by Crippen LogP contribution is -2.08. The normalized spacial score (nSPS) is 10.4. The highest BCUT2D eigenvalue weighted by Gasteiger charge is 2.23. The lowest BCUT2D eigenvalue weighted by Gasteiger charge is -2.13. The standard InChI is InChI=1S/C23H25N5O5/c1-4-5-14-33-22(29)16-10-12-17(13-11-16)25-23-24-15(2)20(28(30)31)21(27-23)26-18-8-6-7-9-19(18)32-3/h6-13H,4-5,14H2,1-3H3,(H2,24,25,26,27). The third-order valence-corrected chi connectivity index (χ3v) is 4.71. The van der Waals surface area contributed by atoms with Crippen molar-refractivity contribution < 1.29 is 19.2 Å². The topological polar surface area (TPSA) is 129 Å². The van der Waals surface area contributed by atoms with Crippen LogP contribution in [0.15, 0.2) is 48.5 Å². The first kappa shape index (κ1) is 23.5. The van der Waals surface area contributed by atoms with E-state index in [2.05, 4.69) is 20.6 Å². The van der Waals surface area contributed by atoms with Gasteiger partial charge in [0.05, 0.1) is 29.9 Å². The van der Waals surface area contributed by atoms with Crippen molar-refractivity contribution >= 4 is 34.8 Å². The summed E-state index contributed by atoms with van der Waals surface area (Å²) < 4.78 is 10.5. The predicted molar refractivity (Wildman–Crippen MR) is 125 cm³/mol. The summed E-state index contributed by atoms with van der Waals surface area (Å²) in [7, 11) is 1.51. The lowest BCUT2D eigenvalue weighted by molar-refractivity contribution is -0.385. The molecule has 0 aliphatic rings. The zero-order valence-corrected chi connectivity index (χ0v) is 18.6. The maximum Gasteiger partial charge on any atom is 0.338 e. The molecule has 0 amide bonds. The first-order valence-corrected chi connectivity index (χ1v) is 10.4. The number of para-hydroxylation sites is 2. The second-order valence-electron chi connectivity index (χ2n) is 7.10. The SMILES string of the molecule is CCCCOC(=O)c1ccc(Nc2nc(C)c([N+](=O)[O-])c(Nc3ccccc3OC)n2)cc1. The Morgan fingerprint density at radius 2 is 1.82 bits per heavy atom. The van der Waals surface area contributed by atoms with E-state index in [4.69, 9.17) is 9.47 Å². The predicted octanol–water partition coefficient (Wildman–Crippen LogP) is 5.15. The van der Waals surface area contributed by atoms with Gasteiger partial charge in [-0.15, -0.1) is 0 Å². The number of nitrogens with one attached hydrogen (secondary N) is 2. The second-order valence-corrected chi connectivity index (χ2v) is 7.10. The highest BCUT2D eigenvalue weighted by molar-refractivity contribution is 5.89. The zero-order chi connectivity index (χ0) is 23.8. The summed E-state index contributed by atoms with van der Waals surface area (Å²) in [5, 5.41) is 17.6. The molecule has 0 saturated carbocycles. The van der Waals surface area contributed by atoms with Crippen LogP contribution < -0.4 is 15.4 Å². The van der Waals surface area contributed by atoms with Crippen LogP contribution in [0.2, 0.25) is 0 Å². The van der Waals surface area contributed by atoms with Crippen molar-refractivity contribution in [2.24, 2.45) is 0 Å². The molecule has 3 aromatic rings. The first-order valence-electron chi connectivity index (χ1n) is 10.4. The summed E-state index contributed by atoms with van der Waals surface area (Å²) in [6.07, 6.45) is 1.76. The van der Waals surface area contributed by atoms with Crippen molar-refractivity contribution in [3.8, 4) is 5.75 Å². The monoisotopic (exact) mass is 451 g/mol. The quantitative estimate of drug-likeness (QED) is 0.186. The van der Waals surface area contributed by atoms with Gasteiger partial charge in [-0.05, 0) is 49.7 Å². The number of carbonyl (C=O) groups excluding carboxylic acids is 1. The van der Waals surface area contributed by atoms with E-state index in [9.17, 15) is 14.9 Å². The van der Waals surface area contributed by atoms with Crippen LogP contribution in [0.3, 0.4) is 0 Å². The lowest BCUT2D eigenvalue weighted by atomic mass is 10.2. The number of benzene rings is 2. The zero-order valence-electron chi connectivity index (χ0n) is 18.6. The molecule has 2 N–H and O–H groups in total. The number of aryl methyl sites for hydroxylation is 1. The van der Waals surface area contributed by atoms with Gasteiger partial charge in [0.15, 0.2) is 0 Å². The Hall–Kier alpha value is -4.21. The number of aromatic nitrogens is 2. The molecule has 10 heteroatoms. The van der Waals surface area contributed by atoms with Crippen LogP contribution in [0.25, 0.3) is 0 Å². The molecule has 172 valence electrons. The van der Waals surface area contributed by atoms with Gasteiger partial charge in [0.1, 0.15) is 11.4 Å². The Balaban J connectivity index is 1.84. The molecular weight excluding hydrogens is 426 g/mol. The van der Waals surface area contributed by atoms with Gasteiger partial charge in [-0.2, -0.15) is 4.98 Å². The number of anilines is 4. The highest BCUT2D eigenvalue weighted by atomic mass is 16.6. The van der Waals surface area contributed by atoms with Crippen LogP contribution in [0.1, 0.15) is 35.8 Å². The van der Waals surface area contributed by atoms with E-state index < -0.39 is 4.92 Å². The van der Waals surface area contributed by atoms with Crippen molar-refractivity contribution in [2.45, 2.75) is 26.7 Å². The Morgan fingerprint density at radius 3 is 2.48 bits per heavy atom. The number of esters is 1. The van der Waals surface area contributed by atoms with Crippen molar-refractivity contribution in [1.82, 2.24) is 9.97 Å². The summed E-state index contributed by atoms with van der Waals surface area (Å²) in [6.45, 7) is 3.94. The number of nitrogens with zero attached hydrogens (tertiary/aromatic N) is 3. The molecule has 0 atom stereocenters. The van der Waals surface area contributed by atoms with Crippen LogP contribution in [0.4, 0.5) is 28.8 Å². The summed E-state index contributed by atoms with van der Waals surface area (Å²) >= 11 is 0. The first-order chi connectivity index (χ1) is 15.9. The summed E-state index contributed by atoms with van der Waals surface area (Å²) in [6, 6.07) is 13.7. The van der Waals surface area contributed by atoms with Gasteiger partial charge < -0.3 is 20.1 Å². The molecule has 0 aliphatic heterocycles. The van der Waals surface area contributed by atoms with Gasteiger partial charge in [-0.25, -0.2) is 9.78 Å². The van der Waals surface area contributed by atoms with Gasteiger partial charge in [0.2, 0.25) is 11.8 Å². The van der Waals surface area contributed by atoms with E-state index >= 15 is 0 Å². The Labute approximate surface area is 191 Å². The molecule has 1 heterocycles. The van der Waals surface area contributed by atoms with Crippen LogP contribution >= 0.6 is 0 Å². The molecule has 0 fully saturated rings. The van der Waals surface area contributed by atoms with Crippen LogP contribution in [-0.4, -0.2) is 34.6 Å². The number of methoxy groups -OCH3 is 1. The molecule has 33 heavy (non-hydrogen) atoms. The Bertz CT molecular complexity index is 1130. The molecule has 0 bridgehead atoms. The highest BCUT2D eigenvalue weighted by Crippen LogP contribution is 2.33. The third-order valence-electron chi connectivity index (χ3n) is 4.71. The maximum absolute atomic E-state index is 12.1. The number of hydrogen-bond donors (Lipinski definition) is 2. The fourth-order valence-electron chi connectivity index (χ4n) is 3.02. The molecule has 1 aromatic heterocycles. The molecule has 3 rings (SSSR count). The largest absolute Gasteiger partial charge is 0.495 e. The summed E-state index contributed by atoms with van der Waals surface area (Å²) in [4.78, 5) is 31.7. The van der Waals surface area contributed by atoms with E-state index in [1.165, 1.54) is 14.0 Å². The van der Waals surface area contributed by atoms with Gasteiger partial charge in [-0.1, -0.05) is 25.5 Å². The van der Waals surface area contributed by atoms with E-state index in [1.54, 1.807) is 48.5 Å². The molecular formula is C23H25N5O5.